The summed E-state index contributed by atoms with van der Waals surface area (Å²) in [5, 5.41) is 3.40. The van der Waals surface area contributed by atoms with E-state index in [0.717, 1.165) is 25.1 Å². The van der Waals surface area contributed by atoms with Crippen molar-refractivity contribution in [2.45, 2.75) is 50.9 Å². The lowest BCUT2D eigenvalue weighted by Crippen LogP contribution is -2.25. The first kappa shape index (κ1) is 12.7. The van der Waals surface area contributed by atoms with Crippen molar-refractivity contribution in [2.75, 3.05) is 11.9 Å². The van der Waals surface area contributed by atoms with Crippen molar-refractivity contribution in [3.63, 3.8) is 0 Å². The maximum absolute atomic E-state index is 12.6. The molecule has 2 aliphatic rings. The van der Waals surface area contributed by atoms with Gasteiger partial charge < -0.3 is 5.32 Å². The number of rotatable bonds is 3. The highest BCUT2D eigenvalue weighted by Crippen LogP contribution is 2.35. The van der Waals surface area contributed by atoms with Gasteiger partial charge in [0.2, 0.25) is 0 Å². The van der Waals surface area contributed by atoms with Crippen LogP contribution in [-0.2, 0) is 4.79 Å². The summed E-state index contributed by atoms with van der Waals surface area (Å²) < 4.78 is 0. The van der Waals surface area contributed by atoms with E-state index in [1.807, 2.05) is 12.1 Å². The van der Waals surface area contributed by atoms with Gasteiger partial charge >= 0.3 is 0 Å². The number of hydrogen-bond donors (Lipinski definition) is 1. The van der Waals surface area contributed by atoms with Gasteiger partial charge in [-0.3, -0.25) is 4.79 Å². The molecule has 1 aromatic rings. The van der Waals surface area contributed by atoms with E-state index in [0.29, 0.717) is 11.7 Å². The van der Waals surface area contributed by atoms with Crippen LogP contribution in [-0.4, -0.2) is 12.3 Å². The van der Waals surface area contributed by atoms with E-state index in [4.69, 9.17) is 0 Å². The summed E-state index contributed by atoms with van der Waals surface area (Å²) in [5.74, 6) is 1.27. The Morgan fingerprint density at radius 1 is 1.11 bits per heavy atom. The number of Topliss-reactive ketones (excluding diaryl/α,β-unsaturated/α-hetero) is 1. The first-order chi connectivity index (χ1) is 9.34. The van der Waals surface area contributed by atoms with E-state index in [-0.39, 0.29) is 5.92 Å². The molecule has 1 aromatic carbocycles. The molecule has 2 nitrogen and oxygen atoms in total. The van der Waals surface area contributed by atoms with Crippen molar-refractivity contribution in [3.8, 4) is 0 Å². The smallest absolute Gasteiger partial charge is 0.140 e. The highest BCUT2D eigenvalue weighted by atomic mass is 16.1. The Kier molecular flexibility index (Phi) is 3.86. The minimum absolute atomic E-state index is 0.138. The molecule has 1 saturated carbocycles. The summed E-state index contributed by atoms with van der Waals surface area (Å²) in [5.41, 5.74) is 2.38. The molecule has 1 atom stereocenters. The molecule has 0 amide bonds. The summed E-state index contributed by atoms with van der Waals surface area (Å²) in [6.45, 7) is 0.929. The maximum atomic E-state index is 12.6. The van der Waals surface area contributed by atoms with Crippen LogP contribution in [0.3, 0.4) is 0 Å². The summed E-state index contributed by atoms with van der Waals surface area (Å²) in [6.07, 6.45) is 8.29. The van der Waals surface area contributed by atoms with E-state index >= 15 is 0 Å². The standard InChI is InChI=1S/C17H23NO/c19-17(12-13-6-2-1-3-7-13)15-10-11-18-16-9-5-4-8-14(15)16/h4-5,8-9,13,15,18H,1-3,6-7,10-12H2. The molecule has 19 heavy (non-hydrogen) atoms. The van der Waals surface area contributed by atoms with E-state index in [1.165, 1.54) is 37.7 Å². The average molecular weight is 257 g/mol. The van der Waals surface area contributed by atoms with E-state index in [1.54, 1.807) is 0 Å². The molecule has 2 heteroatoms. The predicted molar refractivity (Wildman–Crippen MR) is 78.5 cm³/mol. The third kappa shape index (κ3) is 2.83. The lowest BCUT2D eigenvalue weighted by molar-refractivity contribution is -0.121. The normalized spacial score (nSPS) is 23.5. The molecule has 1 aliphatic heterocycles. The highest BCUT2D eigenvalue weighted by Gasteiger charge is 2.28. The third-order valence-corrected chi connectivity index (χ3v) is 4.69. The molecule has 1 fully saturated rings. The monoisotopic (exact) mass is 257 g/mol. The third-order valence-electron chi connectivity index (χ3n) is 4.69. The van der Waals surface area contributed by atoms with Gasteiger partial charge in [0.05, 0.1) is 0 Å². The van der Waals surface area contributed by atoms with Gasteiger partial charge in [-0.25, -0.2) is 0 Å². The zero-order valence-electron chi connectivity index (χ0n) is 11.5. The molecule has 0 radical (unpaired) electrons. The van der Waals surface area contributed by atoms with Gasteiger partial charge in [-0.05, 0) is 24.0 Å². The van der Waals surface area contributed by atoms with Crippen molar-refractivity contribution in [1.82, 2.24) is 0 Å². The quantitative estimate of drug-likeness (QED) is 0.882. The Balaban J connectivity index is 1.70. The van der Waals surface area contributed by atoms with E-state index < -0.39 is 0 Å². The second-order valence-corrected chi connectivity index (χ2v) is 6.03. The van der Waals surface area contributed by atoms with Crippen molar-refractivity contribution in [3.05, 3.63) is 29.8 Å². The van der Waals surface area contributed by atoms with Crippen molar-refractivity contribution in [1.29, 1.82) is 0 Å². The maximum Gasteiger partial charge on any atom is 0.140 e. The van der Waals surface area contributed by atoms with Gasteiger partial charge in [0.25, 0.3) is 0 Å². The highest BCUT2D eigenvalue weighted by molar-refractivity contribution is 5.88. The molecule has 0 spiro atoms. The second kappa shape index (κ2) is 5.77. The van der Waals surface area contributed by atoms with Crippen LogP contribution < -0.4 is 5.32 Å². The van der Waals surface area contributed by atoms with Gasteiger partial charge in [-0.15, -0.1) is 0 Å². The molecular weight excluding hydrogens is 234 g/mol. The summed E-state index contributed by atoms with van der Waals surface area (Å²) in [6, 6.07) is 8.30. The van der Waals surface area contributed by atoms with Crippen LogP contribution in [0.2, 0.25) is 0 Å². The van der Waals surface area contributed by atoms with Crippen LogP contribution in [0.4, 0.5) is 5.69 Å². The fourth-order valence-electron chi connectivity index (χ4n) is 3.62. The van der Waals surface area contributed by atoms with E-state index in [9.17, 15) is 4.79 Å². The van der Waals surface area contributed by atoms with Crippen LogP contribution in [0, 0.1) is 5.92 Å². The number of hydrogen-bond acceptors (Lipinski definition) is 2. The second-order valence-electron chi connectivity index (χ2n) is 6.03. The van der Waals surface area contributed by atoms with E-state index in [2.05, 4.69) is 17.4 Å². The number of fused-ring (bicyclic) bond motifs is 1. The minimum atomic E-state index is 0.138. The largest absolute Gasteiger partial charge is 0.385 e. The number of nitrogens with one attached hydrogen (secondary N) is 1. The molecule has 1 N–H and O–H groups in total. The van der Waals surface area contributed by atoms with Crippen LogP contribution in [0.25, 0.3) is 0 Å². The average Bonchev–Trinajstić information content (AvgIpc) is 2.47. The van der Waals surface area contributed by atoms with Gasteiger partial charge in [0.1, 0.15) is 5.78 Å². The molecule has 1 unspecified atom stereocenters. The molecule has 3 rings (SSSR count). The molecule has 1 heterocycles. The Labute approximate surface area is 115 Å². The first-order valence-electron chi connectivity index (χ1n) is 7.70. The molecule has 1 aliphatic carbocycles. The number of carbonyl (C=O) groups excluding carboxylic acids is 1. The van der Waals surface area contributed by atoms with Gasteiger partial charge in [-0.1, -0.05) is 50.3 Å². The van der Waals surface area contributed by atoms with Gasteiger partial charge in [0, 0.05) is 24.6 Å². The molecular formula is C17H23NO. The van der Waals surface area contributed by atoms with Gasteiger partial charge in [0.15, 0.2) is 0 Å². The van der Waals surface area contributed by atoms with Crippen molar-refractivity contribution >= 4 is 11.5 Å². The number of anilines is 1. The zero-order chi connectivity index (χ0) is 13.1. The summed E-state index contributed by atoms with van der Waals surface area (Å²) in [7, 11) is 0. The van der Waals surface area contributed by atoms with Crippen LogP contribution in [0.1, 0.15) is 56.4 Å². The fraction of sp³-hybridized carbons (Fsp3) is 0.588. The summed E-state index contributed by atoms with van der Waals surface area (Å²) >= 11 is 0. The number of carbonyl (C=O) groups is 1. The Morgan fingerprint density at radius 3 is 2.74 bits per heavy atom. The Hall–Kier alpha value is -1.31. The number of ketones is 1. The van der Waals surface area contributed by atoms with Crippen LogP contribution >= 0.6 is 0 Å². The molecule has 0 saturated heterocycles. The minimum Gasteiger partial charge on any atom is -0.385 e. The number of benzene rings is 1. The van der Waals surface area contributed by atoms with Crippen LogP contribution in [0.5, 0.6) is 0 Å². The lowest BCUT2D eigenvalue weighted by atomic mass is 9.80. The fourth-order valence-corrected chi connectivity index (χ4v) is 3.62. The topological polar surface area (TPSA) is 29.1 Å². The molecule has 0 aromatic heterocycles. The van der Waals surface area contributed by atoms with Gasteiger partial charge in [-0.2, -0.15) is 0 Å². The van der Waals surface area contributed by atoms with Crippen molar-refractivity contribution < 1.29 is 4.79 Å². The van der Waals surface area contributed by atoms with Crippen molar-refractivity contribution in [2.24, 2.45) is 5.92 Å². The van der Waals surface area contributed by atoms with Crippen LogP contribution in [0.15, 0.2) is 24.3 Å². The molecule has 0 bridgehead atoms. The lowest BCUT2D eigenvalue weighted by Gasteiger charge is -2.28. The molecule has 102 valence electrons. The Morgan fingerprint density at radius 2 is 1.89 bits per heavy atom. The Bertz CT molecular complexity index is 448. The first-order valence-corrected chi connectivity index (χ1v) is 7.70. The summed E-state index contributed by atoms with van der Waals surface area (Å²) in [4.78, 5) is 12.6. The number of para-hydroxylation sites is 1. The SMILES string of the molecule is O=C(CC1CCCCC1)C1CCNc2ccccc21. The predicted octanol–water partition coefficient (Wildman–Crippen LogP) is 4.13. The zero-order valence-corrected chi connectivity index (χ0v) is 11.5.